The van der Waals surface area contributed by atoms with Crippen molar-refractivity contribution in [1.82, 2.24) is 15.2 Å². The molecule has 0 atom stereocenters. The minimum Gasteiger partial charge on any atom is -0.308 e. The van der Waals surface area contributed by atoms with Gasteiger partial charge in [-0.15, -0.1) is 10.2 Å². The van der Waals surface area contributed by atoms with E-state index in [4.69, 9.17) is 5.84 Å². The van der Waals surface area contributed by atoms with E-state index >= 15 is 0 Å². The van der Waals surface area contributed by atoms with Gasteiger partial charge < -0.3 is 5.43 Å². The maximum atomic E-state index is 11.9. The molecule has 4 N–H and O–H groups in total. The molecular weight excluding hydrogens is 264 g/mol. The lowest BCUT2D eigenvalue weighted by Gasteiger charge is -2.05. The summed E-state index contributed by atoms with van der Waals surface area (Å²) in [6, 6.07) is 2.66. The van der Waals surface area contributed by atoms with Gasteiger partial charge in [-0.25, -0.2) is 19.2 Å². The van der Waals surface area contributed by atoms with Gasteiger partial charge in [0.05, 0.1) is 4.90 Å². The van der Waals surface area contributed by atoms with Crippen LogP contribution in [0.4, 0.5) is 10.9 Å². The zero-order valence-corrected chi connectivity index (χ0v) is 9.99. The first-order valence-electron chi connectivity index (χ1n) is 4.33. The van der Waals surface area contributed by atoms with Crippen LogP contribution < -0.4 is 16.0 Å². The number of aromatic nitrogens is 3. The van der Waals surface area contributed by atoms with Crippen LogP contribution in [0, 0.1) is 0 Å². The number of nitrogens with zero attached hydrogens (tertiary/aromatic N) is 3. The number of hydrogen-bond donors (Lipinski definition) is 3. The molecule has 0 aliphatic carbocycles. The van der Waals surface area contributed by atoms with Crippen molar-refractivity contribution in [3.63, 3.8) is 0 Å². The molecule has 2 rings (SSSR count). The third kappa shape index (κ3) is 2.67. The summed E-state index contributed by atoms with van der Waals surface area (Å²) < 4.78 is 26.1. The van der Waals surface area contributed by atoms with E-state index in [9.17, 15) is 8.42 Å². The van der Waals surface area contributed by atoms with E-state index in [0.29, 0.717) is 0 Å². The Labute approximate surface area is 101 Å². The van der Waals surface area contributed by atoms with Crippen molar-refractivity contribution in [3.05, 3.63) is 23.8 Å². The van der Waals surface area contributed by atoms with Gasteiger partial charge in [-0.2, -0.15) is 0 Å². The molecule has 0 saturated heterocycles. The maximum Gasteiger partial charge on any atom is 0.263 e. The number of hydrogen-bond acceptors (Lipinski definition) is 8. The normalized spacial score (nSPS) is 11.1. The molecule has 17 heavy (non-hydrogen) atoms. The van der Waals surface area contributed by atoms with Crippen LogP contribution in [0.5, 0.6) is 0 Å². The van der Waals surface area contributed by atoms with E-state index in [-0.39, 0.29) is 15.8 Å². The van der Waals surface area contributed by atoms with Crippen molar-refractivity contribution >= 4 is 32.3 Å². The number of nitrogen functional groups attached to an aromatic ring is 1. The van der Waals surface area contributed by atoms with Crippen molar-refractivity contribution in [3.8, 4) is 0 Å². The Bertz CT molecular complexity index is 597. The predicted molar refractivity (Wildman–Crippen MR) is 62.8 cm³/mol. The zero-order chi connectivity index (χ0) is 12.3. The topological polar surface area (TPSA) is 123 Å². The summed E-state index contributed by atoms with van der Waals surface area (Å²) in [4.78, 5) is 3.85. The monoisotopic (exact) mass is 272 g/mol. The standard InChI is InChI=1S/C7H8N6O2S2/c8-11-6-3-5(1-2-9-6)17(14,15)13-7-12-10-4-16-7/h1-4H,8H2,(H,9,11)(H,12,13). The number of anilines is 2. The van der Waals surface area contributed by atoms with Crippen LogP contribution in [0.2, 0.25) is 0 Å². The SMILES string of the molecule is NNc1cc(S(=O)(=O)Nc2nncs2)ccn1. The number of hydrazine groups is 1. The highest BCUT2D eigenvalue weighted by molar-refractivity contribution is 7.93. The lowest BCUT2D eigenvalue weighted by Crippen LogP contribution is -2.14. The minimum atomic E-state index is -3.69. The van der Waals surface area contributed by atoms with Crippen LogP contribution in [0.25, 0.3) is 0 Å². The Morgan fingerprint density at radius 1 is 1.41 bits per heavy atom. The molecule has 0 unspecified atom stereocenters. The van der Waals surface area contributed by atoms with Gasteiger partial charge in [0, 0.05) is 12.3 Å². The summed E-state index contributed by atoms with van der Waals surface area (Å²) in [5.74, 6) is 5.40. The molecule has 0 aromatic carbocycles. The largest absolute Gasteiger partial charge is 0.308 e. The van der Waals surface area contributed by atoms with E-state index in [0.717, 1.165) is 11.3 Å². The molecular formula is C7H8N6O2S2. The fourth-order valence-corrected chi connectivity index (χ4v) is 2.75. The van der Waals surface area contributed by atoms with Crippen LogP contribution >= 0.6 is 11.3 Å². The molecule has 2 heterocycles. The molecule has 0 saturated carbocycles. The van der Waals surface area contributed by atoms with Gasteiger partial charge in [0.1, 0.15) is 11.3 Å². The van der Waals surface area contributed by atoms with Crippen molar-refractivity contribution in [2.45, 2.75) is 4.90 Å². The van der Waals surface area contributed by atoms with Crippen molar-refractivity contribution in [2.75, 3.05) is 10.1 Å². The van der Waals surface area contributed by atoms with Gasteiger partial charge in [-0.3, -0.25) is 4.72 Å². The summed E-state index contributed by atoms with van der Waals surface area (Å²) in [5, 5.41) is 7.32. The molecule has 0 bridgehead atoms. The fourth-order valence-electron chi connectivity index (χ4n) is 1.05. The van der Waals surface area contributed by atoms with Gasteiger partial charge >= 0.3 is 0 Å². The molecule has 8 nitrogen and oxygen atoms in total. The molecule has 0 spiro atoms. The average molecular weight is 272 g/mol. The van der Waals surface area contributed by atoms with Gasteiger partial charge in [0.15, 0.2) is 0 Å². The maximum absolute atomic E-state index is 11.9. The van der Waals surface area contributed by atoms with Crippen LogP contribution in [0.1, 0.15) is 0 Å². The van der Waals surface area contributed by atoms with Crippen molar-refractivity contribution in [2.24, 2.45) is 5.84 Å². The Hall–Kier alpha value is -1.78. The van der Waals surface area contributed by atoms with Crippen LogP contribution in [-0.2, 0) is 10.0 Å². The third-order valence-electron chi connectivity index (χ3n) is 1.77. The van der Waals surface area contributed by atoms with Gasteiger partial charge in [0.25, 0.3) is 10.0 Å². The highest BCUT2D eigenvalue weighted by Crippen LogP contribution is 2.17. The lowest BCUT2D eigenvalue weighted by atomic mass is 10.5. The van der Waals surface area contributed by atoms with E-state index in [1.807, 2.05) is 0 Å². The summed E-state index contributed by atoms with van der Waals surface area (Å²) in [6.45, 7) is 0. The first kappa shape index (κ1) is 11.7. The highest BCUT2D eigenvalue weighted by Gasteiger charge is 2.16. The summed E-state index contributed by atoms with van der Waals surface area (Å²) >= 11 is 1.09. The van der Waals surface area contributed by atoms with Crippen LogP contribution in [0.15, 0.2) is 28.7 Å². The number of nitrogens with two attached hydrogens (primary N) is 1. The number of sulfonamides is 1. The number of pyridine rings is 1. The van der Waals surface area contributed by atoms with Gasteiger partial charge in [-0.1, -0.05) is 11.3 Å². The third-order valence-corrected chi connectivity index (χ3v) is 3.84. The second-order valence-electron chi connectivity index (χ2n) is 2.87. The van der Waals surface area contributed by atoms with Crippen molar-refractivity contribution in [1.29, 1.82) is 0 Å². The molecule has 2 aromatic heterocycles. The smallest absolute Gasteiger partial charge is 0.263 e. The van der Waals surface area contributed by atoms with E-state index in [2.05, 4.69) is 25.3 Å². The molecule has 2 aromatic rings. The average Bonchev–Trinajstić information content (AvgIpc) is 2.81. The second kappa shape index (κ2) is 4.61. The van der Waals surface area contributed by atoms with E-state index in [1.54, 1.807) is 0 Å². The Kier molecular flexibility index (Phi) is 3.17. The van der Waals surface area contributed by atoms with E-state index in [1.165, 1.54) is 23.8 Å². The Morgan fingerprint density at radius 2 is 2.24 bits per heavy atom. The Morgan fingerprint density at radius 3 is 2.88 bits per heavy atom. The predicted octanol–water partition coefficient (Wildman–Crippen LogP) is 0.0195. The van der Waals surface area contributed by atoms with Crippen LogP contribution in [-0.4, -0.2) is 23.6 Å². The second-order valence-corrected chi connectivity index (χ2v) is 5.39. The number of nitrogens with one attached hydrogen (secondary N) is 2. The summed E-state index contributed by atoms with van der Waals surface area (Å²) in [6.07, 6.45) is 1.34. The zero-order valence-electron chi connectivity index (χ0n) is 8.36. The molecule has 0 amide bonds. The molecule has 0 fully saturated rings. The highest BCUT2D eigenvalue weighted by atomic mass is 32.2. The molecule has 0 aliphatic heterocycles. The van der Waals surface area contributed by atoms with Gasteiger partial charge in [-0.05, 0) is 6.07 Å². The molecule has 0 aliphatic rings. The van der Waals surface area contributed by atoms with Crippen LogP contribution in [0.3, 0.4) is 0 Å². The molecule has 90 valence electrons. The number of rotatable bonds is 4. The minimum absolute atomic E-state index is 0.0376. The molecule has 0 radical (unpaired) electrons. The van der Waals surface area contributed by atoms with E-state index < -0.39 is 10.0 Å². The lowest BCUT2D eigenvalue weighted by molar-refractivity contribution is 0.601. The first-order chi connectivity index (χ1) is 8.12. The molecule has 10 heteroatoms. The first-order valence-corrected chi connectivity index (χ1v) is 6.70. The summed E-state index contributed by atoms with van der Waals surface area (Å²) in [5.41, 5.74) is 3.70. The van der Waals surface area contributed by atoms with Gasteiger partial charge in [0.2, 0.25) is 5.13 Å². The van der Waals surface area contributed by atoms with Crippen molar-refractivity contribution < 1.29 is 8.42 Å². The quantitative estimate of drug-likeness (QED) is 0.529. The Balaban J connectivity index is 2.31. The fraction of sp³-hybridized carbons (Fsp3) is 0. The summed E-state index contributed by atoms with van der Waals surface area (Å²) in [7, 11) is -3.69.